The number of alkyl halides is 3. The summed E-state index contributed by atoms with van der Waals surface area (Å²) in [5, 5.41) is 9.08. The number of nitrogens with zero attached hydrogens (tertiary/aromatic N) is 3. The summed E-state index contributed by atoms with van der Waals surface area (Å²) in [7, 11) is 5.50. The van der Waals surface area contributed by atoms with Crippen LogP contribution in [0.1, 0.15) is 16.8 Å². The average Bonchev–Trinajstić information content (AvgIpc) is 3.04. The number of anilines is 1. The first-order valence-corrected chi connectivity index (χ1v) is 8.40. The van der Waals surface area contributed by atoms with Gasteiger partial charge in [0, 0.05) is 33.1 Å². The molecule has 0 radical (unpaired) electrons. The van der Waals surface area contributed by atoms with Gasteiger partial charge < -0.3 is 15.5 Å². The van der Waals surface area contributed by atoms with E-state index in [-0.39, 0.29) is 24.0 Å². The molecule has 0 spiro atoms. The number of hydrogen-bond acceptors (Lipinski definition) is 4. The number of guanidine groups is 1. The van der Waals surface area contributed by atoms with E-state index < -0.39 is 11.7 Å². The first kappa shape index (κ1) is 22.5. The standard InChI is InChI=1S/C16H20F3N5S.HI/c1-20-14(22-9-13-10-25-15(23-13)24(2)3)21-8-11-4-6-12(7-5-11)16(17,18)19;/h4-7,10H,8-9H2,1-3H3,(H2,20,21,22);1H. The van der Waals surface area contributed by atoms with E-state index in [2.05, 4.69) is 20.6 Å². The van der Waals surface area contributed by atoms with Gasteiger partial charge >= 0.3 is 6.18 Å². The third-order valence-electron chi connectivity index (χ3n) is 3.32. The number of nitrogens with one attached hydrogen (secondary N) is 2. The largest absolute Gasteiger partial charge is 0.416 e. The average molecular weight is 499 g/mol. The van der Waals surface area contributed by atoms with Crippen molar-refractivity contribution in [2.24, 2.45) is 4.99 Å². The molecule has 0 fully saturated rings. The summed E-state index contributed by atoms with van der Waals surface area (Å²) in [6, 6.07) is 5.05. The highest BCUT2D eigenvalue weighted by Crippen LogP contribution is 2.29. The zero-order valence-corrected chi connectivity index (χ0v) is 17.7. The van der Waals surface area contributed by atoms with E-state index in [1.54, 1.807) is 18.4 Å². The van der Waals surface area contributed by atoms with E-state index in [1.165, 1.54) is 12.1 Å². The fourth-order valence-electron chi connectivity index (χ4n) is 1.98. The van der Waals surface area contributed by atoms with Crippen molar-refractivity contribution in [3.05, 3.63) is 46.5 Å². The second-order valence-corrected chi connectivity index (χ2v) is 6.33. The maximum Gasteiger partial charge on any atom is 0.416 e. The highest BCUT2D eigenvalue weighted by atomic mass is 127. The number of aliphatic imine (C=N–C) groups is 1. The Morgan fingerprint density at radius 1 is 1.15 bits per heavy atom. The molecule has 1 aromatic heterocycles. The molecule has 26 heavy (non-hydrogen) atoms. The van der Waals surface area contributed by atoms with Crippen LogP contribution in [0.25, 0.3) is 0 Å². The fourth-order valence-corrected chi connectivity index (χ4v) is 2.73. The molecule has 144 valence electrons. The lowest BCUT2D eigenvalue weighted by atomic mass is 10.1. The molecular weight excluding hydrogens is 478 g/mol. The van der Waals surface area contributed by atoms with Crippen molar-refractivity contribution in [1.82, 2.24) is 15.6 Å². The number of hydrogen-bond donors (Lipinski definition) is 2. The van der Waals surface area contributed by atoms with E-state index in [1.807, 2.05) is 24.4 Å². The van der Waals surface area contributed by atoms with Gasteiger partial charge in [-0.25, -0.2) is 4.98 Å². The number of rotatable bonds is 5. The second-order valence-electron chi connectivity index (χ2n) is 5.49. The Hall–Kier alpha value is -1.56. The van der Waals surface area contributed by atoms with Crippen molar-refractivity contribution >= 4 is 46.4 Å². The van der Waals surface area contributed by atoms with Gasteiger partial charge in [-0.1, -0.05) is 12.1 Å². The minimum atomic E-state index is -4.32. The molecule has 2 rings (SSSR count). The molecule has 0 saturated carbocycles. The lowest BCUT2D eigenvalue weighted by Crippen LogP contribution is -2.36. The Bertz CT molecular complexity index is 713. The molecular formula is C16H21F3IN5S. The van der Waals surface area contributed by atoms with Crippen LogP contribution in [-0.4, -0.2) is 32.1 Å². The lowest BCUT2D eigenvalue weighted by Gasteiger charge is -2.12. The SMILES string of the molecule is CN=C(NCc1ccc(C(F)(F)F)cc1)NCc1csc(N(C)C)n1.I. The summed E-state index contributed by atoms with van der Waals surface area (Å²) in [4.78, 5) is 10.5. The molecule has 0 amide bonds. The first-order valence-electron chi connectivity index (χ1n) is 7.52. The third-order valence-corrected chi connectivity index (χ3v) is 4.38. The van der Waals surface area contributed by atoms with E-state index in [0.717, 1.165) is 28.5 Å². The van der Waals surface area contributed by atoms with Crippen molar-refractivity contribution in [2.45, 2.75) is 19.3 Å². The summed E-state index contributed by atoms with van der Waals surface area (Å²) < 4.78 is 37.6. The van der Waals surface area contributed by atoms with Gasteiger partial charge in [-0.15, -0.1) is 35.3 Å². The quantitative estimate of drug-likeness (QED) is 0.374. The molecule has 0 unspecified atom stereocenters. The van der Waals surface area contributed by atoms with Gasteiger partial charge in [0.05, 0.1) is 17.8 Å². The first-order chi connectivity index (χ1) is 11.8. The molecule has 2 N–H and O–H groups in total. The van der Waals surface area contributed by atoms with Gasteiger partial charge in [-0.05, 0) is 17.7 Å². The molecule has 0 atom stereocenters. The van der Waals surface area contributed by atoms with Crippen LogP contribution < -0.4 is 15.5 Å². The Morgan fingerprint density at radius 2 is 1.77 bits per heavy atom. The predicted molar refractivity (Wildman–Crippen MR) is 110 cm³/mol. The maximum atomic E-state index is 12.5. The predicted octanol–water partition coefficient (Wildman–Crippen LogP) is 3.71. The van der Waals surface area contributed by atoms with Crippen molar-refractivity contribution in [2.75, 3.05) is 26.0 Å². The Labute approximate surface area is 171 Å². The van der Waals surface area contributed by atoms with Crippen LogP contribution >= 0.6 is 35.3 Å². The van der Waals surface area contributed by atoms with Crippen LogP contribution in [0.15, 0.2) is 34.6 Å². The lowest BCUT2D eigenvalue weighted by molar-refractivity contribution is -0.137. The van der Waals surface area contributed by atoms with Crippen LogP contribution in [0, 0.1) is 0 Å². The Kier molecular flexibility index (Phi) is 8.60. The molecule has 5 nitrogen and oxygen atoms in total. The van der Waals surface area contributed by atoms with Crippen LogP contribution in [0.5, 0.6) is 0 Å². The molecule has 1 heterocycles. The number of thiazole rings is 1. The fraction of sp³-hybridized carbons (Fsp3) is 0.375. The minimum Gasteiger partial charge on any atom is -0.354 e. The molecule has 0 aliphatic carbocycles. The monoisotopic (exact) mass is 499 g/mol. The van der Waals surface area contributed by atoms with Crippen molar-refractivity contribution in [3.8, 4) is 0 Å². The van der Waals surface area contributed by atoms with Gasteiger partial charge in [-0.2, -0.15) is 13.2 Å². The molecule has 0 bridgehead atoms. The molecule has 0 aliphatic heterocycles. The van der Waals surface area contributed by atoms with E-state index in [4.69, 9.17) is 0 Å². The number of halogens is 4. The smallest absolute Gasteiger partial charge is 0.354 e. The second kappa shape index (κ2) is 9.95. The molecule has 10 heteroatoms. The molecule has 0 saturated heterocycles. The van der Waals surface area contributed by atoms with E-state index in [9.17, 15) is 13.2 Å². The molecule has 1 aromatic carbocycles. The number of aromatic nitrogens is 1. The van der Waals surface area contributed by atoms with Crippen molar-refractivity contribution in [1.29, 1.82) is 0 Å². The summed E-state index contributed by atoms with van der Waals surface area (Å²) in [5.41, 5.74) is 0.977. The highest BCUT2D eigenvalue weighted by Gasteiger charge is 2.29. The summed E-state index contributed by atoms with van der Waals surface area (Å²) in [6.07, 6.45) is -4.32. The van der Waals surface area contributed by atoms with Gasteiger partial charge in [0.2, 0.25) is 0 Å². The van der Waals surface area contributed by atoms with Gasteiger partial charge in [-0.3, -0.25) is 4.99 Å². The summed E-state index contributed by atoms with van der Waals surface area (Å²) >= 11 is 1.55. The topological polar surface area (TPSA) is 52.6 Å². The van der Waals surface area contributed by atoms with Gasteiger partial charge in [0.25, 0.3) is 0 Å². The normalized spacial score (nSPS) is 11.7. The molecule has 0 aliphatic rings. The highest BCUT2D eigenvalue weighted by molar-refractivity contribution is 14.0. The number of benzene rings is 1. The Morgan fingerprint density at radius 3 is 2.27 bits per heavy atom. The van der Waals surface area contributed by atoms with E-state index >= 15 is 0 Å². The third kappa shape index (κ3) is 6.63. The van der Waals surface area contributed by atoms with Crippen LogP contribution in [0.4, 0.5) is 18.3 Å². The summed E-state index contributed by atoms with van der Waals surface area (Å²) in [6.45, 7) is 0.884. The molecule has 2 aromatic rings. The van der Waals surface area contributed by atoms with Crippen LogP contribution in [0.2, 0.25) is 0 Å². The zero-order valence-electron chi connectivity index (χ0n) is 14.6. The van der Waals surface area contributed by atoms with Crippen LogP contribution in [0.3, 0.4) is 0 Å². The van der Waals surface area contributed by atoms with Crippen LogP contribution in [-0.2, 0) is 19.3 Å². The van der Waals surface area contributed by atoms with Crippen molar-refractivity contribution < 1.29 is 13.2 Å². The van der Waals surface area contributed by atoms with Gasteiger partial charge in [0.1, 0.15) is 0 Å². The summed E-state index contributed by atoms with van der Waals surface area (Å²) in [5.74, 6) is 0.555. The Balaban J connectivity index is 0.00000338. The van der Waals surface area contributed by atoms with Gasteiger partial charge in [0.15, 0.2) is 11.1 Å². The minimum absolute atomic E-state index is 0. The maximum absolute atomic E-state index is 12.5. The zero-order chi connectivity index (χ0) is 18.4. The van der Waals surface area contributed by atoms with Crippen molar-refractivity contribution in [3.63, 3.8) is 0 Å². The van der Waals surface area contributed by atoms with E-state index in [0.29, 0.717) is 19.0 Å².